The largest absolute Gasteiger partial charge is 0.416 e. The van der Waals surface area contributed by atoms with E-state index in [0.717, 1.165) is 35.6 Å². The van der Waals surface area contributed by atoms with Crippen LogP contribution in [0.4, 0.5) is 13.2 Å². The van der Waals surface area contributed by atoms with Crippen molar-refractivity contribution in [2.75, 3.05) is 5.75 Å². The molecule has 0 radical (unpaired) electrons. The number of alkyl halides is 3. The summed E-state index contributed by atoms with van der Waals surface area (Å²) in [5.41, 5.74) is -0.588. The van der Waals surface area contributed by atoms with E-state index in [-0.39, 0.29) is 0 Å². The second-order valence-corrected chi connectivity index (χ2v) is 5.77. The minimum atomic E-state index is -4.24. The fourth-order valence-corrected chi connectivity index (χ4v) is 3.23. The zero-order chi connectivity index (χ0) is 12.0. The van der Waals surface area contributed by atoms with Gasteiger partial charge in [0.1, 0.15) is 0 Å². The summed E-state index contributed by atoms with van der Waals surface area (Å²) in [6.45, 7) is 2.11. The van der Waals surface area contributed by atoms with Crippen molar-refractivity contribution in [3.8, 4) is 0 Å². The van der Waals surface area contributed by atoms with Gasteiger partial charge in [0.25, 0.3) is 0 Å². The van der Waals surface area contributed by atoms with Gasteiger partial charge < -0.3 is 0 Å². The summed E-state index contributed by atoms with van der Waals surface area (Å²) in [5.74, 6) is 1.03. The van der Waals surface area contributed by atoms with E-state index in [0.29, 0.717) is 0 Å². The van der Waals surface area contributed by atoms with Gasteiger partial charge in [0.15, 0.2) is 0 Å². The van der Waals surface area contributed by atoms with Crippen molar-refractivity contribution in [2.45, 2.75) is 30.8 Å². The molecule has 0 spiro atoms. The van der Waals surface area contributed by atoms with E-state index >= 15 is 0 Å². The third-order valence-electron chi connectivity index (χ3n) is 1.92. The van der Waals surface area contributed by atoms with Crippen LogP contribution in [0.5, 0.6) is 0 Å². The Bertz CT molecular complexity index is 306. The Hall–Kier alpha value is -0.290. The zero-order valence-electron chi connectivity index (χ0n) is 8.88. The first-order valence-corrected chi connectivity index (χ1v) is 7.32. The van der Waals surface area contributed by atoms with Crippen LogP contribution in [0.1, 0.15) is 25.3 Å². The Labute approximate surface area is 101 Å². The molecule has 0 N–H and O–H groups in total. The minimum Gasteiger partial charge on any atom is -0.166 e. The quantitative estimate of drug-likeness (QED) is 0.527. The lowest BCUT2D eigenvalue weighted by Crippen LogP contribution is -2.03. The Kier molecular flexibility index (Phi) is 5.55. The zero-order valence-corrected chi connectivity index (χ0v) is 10.5. The molecule has 0 aliphatic heterocycles. The molecule has 0 unspecified atom stereocenters. The fourth-order valence-electron chi connectivity index (χ4n) is 1.01. The lowest BCUT2D eigenvalue weighted by molar-refractivity contribution is -0.137. The molecule has 0 aliphatic carbocycles. The Morgan fingerprint density at radius 1 is 1.12 bits per heavy atom. The molecule has 0 saturated heterocycles. The normalized spacial score (nSPS) is 11.8. The molecule has 0 aliphatic rings. The summed E-state index contributed by atoms with van der Waals surface area (Å²) in [4.78, 5) is 0.870. The summed E-state index contributed by atoms with van der Waals surface area (Å²) in [7, 11) is 3.21. The second kappa shape index (κ2) is 6.45. The lowest BCUT2D eigenvalue weighted by Gasteiger charge is -2.06. The second-order valence-electron chi connectivity index (χ2n) is 3.28. The number of hydrogen-bond donors (Lipinski definition) is 0. The monoisotopic (exact) mass is 266 g/mol. The smallest absolute Gasteiger partial charge is 0.166 e. The van der Waals surface area contributed by atoms with Gasteiger partial charge in [-0.25, -0.2) is 0 Å². The third-order valence-corrected chi connectivity index (χ3v) is 4.39. The van der Waals surface area contributed by atoms with E-state index in [4.69, 9.17) is 0 Å². The highest BCUT2D eigenvalue weighted by molar-refractivity contribution is 8.76. The molecule has 0 aromatic heterocycles. The maximum Gasteiger partial charge on any atom is 0.416 e. The average Bonchev–Trinajstić information content (AvgIpc) is 2.24. The molecule has 1 aromatic rings. The number of halogens is 3. The van der Waals surface area contributed by atoms with E-state index in [9.17, 15) is 13.2 Å². The van der Waals surface area contributed by atoms with Gasteiger partial charge in [-0.2, -0.15) is 13.2 Å². The molecule has 0 heterocycles. The standard InChI is InChI=1S/C11H13F3S2/c1-2-3-8-15-16-10-6-4-9(5-7-10)11(12,13)14/h4-7H,2-3,8H2,1H3. The van der Waals surface area contributed by atoms with Gasteiger partial charge in [-0.05, 0) is 30.7 Å². The topological polar surface area (TPSA) is 0 Å². The molecular weight excluding hydrogens is 253 g/mol. The maximum atomic E-state index is 12.3. The minimum absolute atomic E-state index is 0.588. The van der Waals surface area contributed by atoms with Gasteiger partial charge in [-0.1, -0.05) is 34.9 Å². The van der Waals surface area contributed by atoms with Crippen molar-refractivity contribution >= 4 is 21.6 Å². The van der Waals surface area contributed by atoms with Gasteiger partial charge in [-0.15, -0.1) is 0 Å². The molecule has 1 aromatic carbocycles. The van der Waals surface area contributed by atoms with E-state index in [1.54, 1.807) is 10.8 Å². The molecule has 5 heteroatoms. The van der Waals surface area contributed by atoms with Crippen LogP contribution in [0.2, 0.25) is 0 Å². The van der Waals surface area contributed by atoms with Crippen LogP contribution in [0.15, 0.2) is 29.2 Å². The van der Waals surface area contributed by atoms with Crippen LogP contribution in [0.25, 0.3) is 0 Å². The van der Waals surface area contributed by atoms with Gasteiger partial charge in [0, 0.05) is 10.6 Å². The highest BCUT2D eigenvalue weighted by atomic mass is 33.1. The van der Waals surface area contributed by atoms with E-state index < -0.39 is 11.7 Å². The number of benzene rings is 1. The molecule has 0 nitrogen and oxygen atoms in total. The Morgan fingerprint density at radius 3 is 2.25 bits per heavy atom. The Morgan fingerprint density at radius 2 is 1.75 bits per heavy atom. The van der Waals surface area contributed by atoms with E-state index in [2.05, 4.69) is 6.92 Å². The molecule has 0 bridgehead atoms. The van der Waals surface area contributed by atoms with E-state index in [1.807, 2.05) is 0 Å². The van der Waals surface area contributed by atoms with Crippen molar-refractivity contribution in [1.82, 2.24) is 0 Å². The summed E-state index contributed by atoms with van der Waals surface area (Å²) in [6, 6.07) is 5.30. The van der Waals surface area contributed by atoms with Crippen molar-refractivity contribution in [2.24, 2.45) is 0 Å². The molecule has 0 fully saturated rings. The first-order chi connectivity index (χ1) is 7.54. The summed E-state index contributed by atoms with van der Waals surface area (Å²) in [5, 5.41) is 0. The van der Waals surface area contributed by atoms with Crippen molar-refractivity contribution in [3.05, 3.63) is 29.8 Å². The van der Waals surface area contributed by atoms with Crippen LogP contribution in [0, 0.1) is 0 Å². The van der Waals surface area contributed by atoms with Crippen molar-refractivity contribution in [1.29, 1.82) is 0 Å². The molecular formula is C11H13F3S2. The predicted octanol–water partition coefficient (Wildman–Crippen LogP) is 5.25. The SMILES string of the molecule is CCCCSSc1ccc(C(F)(F)F)cc1. The van der Waals surface area contributed by atoms with Gasteiger partial charge in [0.2, 0.25) is 0 Å². The van der Waals surface area contributed by atoms with Crippen molar-refractivity contribution in [3.63, 3.8) is 0 Å². The van der Waals surface area contributed by atoms with Crippen LogP contribution < -0.4 is 0 Å². The summed E-state index contributed by atoms with van der Waals surface area (Å²) < 4.78 is 36.8. The fraction of sp³-hybridized carbons (Fsp3) is 0.455. The molecule has 16 heavy (non-hydrogen) atoms. The van der Waals surface area contributed by atoms with Crippen molar-refractivity contribution < 1.29 is 13.2 Å². The molecule has 0 atom stereocenters. The maximum absolute atomic E-state index is 12.3. The van der Waals surface area contributed by atoms with Gasteiger partial charge >= 0.3 is 6.18 Å². The first-order valence-electron chi connectivity index (χ1n) is 5.00. The third kappa shape index (κ3) is 4.70. The van der Waals surface area contributed by atoms with Crippen LogP contribution in [0.3, 0.4) is 0 Å². The lowest BCUT2D eigenvalue weighted by atomic mass is 10.2. The summed E-state index contributed by atoms with van der Waals surface area (Å²) in [6.07, 6.45) is -1.96. The predicted molar refractivity (Wildman–Crippen MR) is 64.7 cm³/mol. The first kappa shape index (κ1) is 13.8. The number of rotatable bonds is 5. The van der Waals surface area contributed by atoms with Gasteiger partial charge in [-0.3, -0.25) is 0 Å². The van der Waals surface area contributed by atoms with Crippen LogP contribution in [-0.4, -0.2) is 5.75 Å². The van der Waals surface area contributed by atoms with E-state index in [1.165, 1.54) is 22.9 Å². The molecule has 90 valence electrons. The molecule has 1 rings (SSSR count). The molecule has 0 saturated carbocycles. The molecule has 0 amide bonds. The van der Waals surface area contributed by atoms with Crippen LogP contribution >= 0.6 is 21.6 Å². The number of hydrogen-bond acceptors (Lipinski definition) is 2. The highest BCUT2D eigenvalue weighted by Gasteiger charge is 2.29. The highest BCUT2D eigenvalue weighted by Crippen LogP contribution is 2.34. The summed E-state index contributed by atoms with van der Waals surface area (Å²) >= 11 is 0. The average molecular weight is 266 g/mol. The van der Waals surface area contributed by atoms with Crippen LogP contribution in [-0.2, 0) is 6.18 Å². The van der Waals surface area contributed by atoms with Gasteiger partial charge in [0.05, 0.1) is 5.56 Å². The Balaban J connectivity index is 2.46. The number of unbranched alkanes of at least 4 members (excludes halogenated alkanes) is 1.